The second-order valence-electron chi connectivity index (χ2n) is 9.45. The second kappa shape index (κ2) is 7.54. The molecule has 0 aromatic heterocycles. The molecule has 4 N–H and O–H groups in total. The van der Waals surface area contributed by atoms with E-state index in [-0.39, 0.29) is 48.8 Å². The number of hydrogen-bond donors (Lipinski definition) is 4. The molecular weight excluding hydrogens is 348 g/mol. The van der Waals surface area contributed by atoms with Gasteiger partial charge in [-0.25, -0.2) is 0 Å². The van der Waals surface area contributed by atoms with E-state index in [1.165, 1.54) is 6.92 Å². The fraction of sp³-hybridized carbons (Fsp3) is 0.905. The third-order valence-corrected chi connectivity index (χ3v) is 7.58. The van der Waals surface area contributed by atoms with Crippen molar-refractivity contribution >= 4 is 11.6 Å². The van der Waals surface area contributed by atoms with Crippen molar-refractivity contribution in [3.05, 3.63) is 0 Å². The number of aliphatic hydroxyl groups is 4. The molecule has 0 aromatic carbocycles. The first-order chi connectivity index (χ1) is 12.4. The summed E-state index contributed by atoms with van der Waals surface area (Å²) in [5.74, 6) is -2.33. The summed E-state index contributed by atoms with van der Waals surface area (Å²) in [5, 5.41) is 41.1. The average molecular weight is 385 g/mol. The highest BCUT2D eigenvalue weighted by Gasteiger charge is 2.67. The van der Waals surface area contributed by atoms with Gasteiger partial charge >= 0.3 is 0 Å². The first-order valence-corrected chi connectivity index (χ1v) is 10.1. The average Bonchev–Trinajstić information content (AvgIpc) is 2.59. The van der Waals surface area contributed by atoms with E-state index >= 15 is 0 Å². The third-order valence-electron chi connectivity index (χ3n) is 7.58. The van der Waals surface area contributed by atoms with E-state index in [0.717, 1.165) is 0 Å². The lowest BCUT2D eigenvalue weighted by atomic mass is 9.42. The molecule has 6 heteroatoms. The minimum Gasteiger partial charge on any atom is -0.396 e. The van der Waals surface area contributed by atoms with Crippen molar-refractivity contribution < 1.29 is 30.0 Å². The summed E-state index contributed by atoms with van der Waals surface area (Å²) < 4.78 is 0. The van der Waals surface area contributed by atoms with Gasteiger partial charge in [-0.05, 0) is 37.5 Å². The van der Waals surface area contributed by atoms with Gasteiger partial charge in [0, 0.05) is 30.3 Å². The highest BCUT2D eigenvalue weighted by atomic mass is 16.3. The van der Waals surface area contributed by atoms with Gasteiger partial charge in [0.2, 0.25) is 0 Å². The van der Waals surface area contributed by atoms with Gasteiger partial charge in [0.1, 0.15) is 11.4 Å². The van der Waals surface area contributed by atoms with Gasteiger partial charge in [0.05, 0.1) is 12.2 Å². The van der Waals surface area contributed by atoms with Crippen molar-refractivity contribution in [3.8, 4) is 0 Å². The number of carbonyl (C=O) groups is 2. The number of hydrogen-bond acceptors (Lipinski definition) is 6. The number of aliphatic hydroxyl groups excluding tert-OH is 2. The Morgan fingerprint density at radius 3 is 2.30 bits per heavy atom. The van der Waals surface area contributed by atoms with E-state index < -0.39 is 35.1 Å². The molecule has 2 fully saturated rings. The smallest absolute Gasteiger partial charge is 0.167 e. The molecule has 0 bridgehead atoms. The Hall–Kier alpha value is -0.820. The molecule has 2 aliphatic rings. The van der Waals surface area contributed by atoms with Gasteiger partial charge in [-0.3, -0.25) is 9.59 Å². The van der Waals surface area contributed by atoms with Crippen LogP contribution in [0.25, 0.3) is 0 Å². The van der Waals surface area contributed by atoms with Crippen molar-refractivity contribution in [2.45, 2.75) is 71.5 Å². The maximum atomic E-state index is 13.3. The number of Topliss-reactive ketones (excluding diaryl/α,β-unsaturated/α-hetero) is 2. The third kappa shape index (κ3) is 3.39. The fourth-order valence-corrected chi connectivity index (χ4v) is 6.57. The topological polar surface area (TPSA) is 115 Å². The minimum absolute atomic E-state index is 0.0199. The first-order valence-electron chi connectivity index (χ1n) is 10.1. The summed E-state index contributed by atoms with van der Waals surface area (Å²) in [6, 6.07) is 0. The van der Waals surface area contributed by atoms with Crippen molar-refractivity contribution in [2.75, 3.05) is 13.2 Å². The largest absolute Gasteiger partial charge is 0.396 e. The van der Waals surface area contributed by atoms with E-state index in [0.29, 0.717) is 12.8 Å². The predicted octanol–water partition coefficient (Wildman–Crippen LogP) is 1.33. The van der Waals surface area contributed by atoms with Crippen LogP contribution in [0.2, 0.25) is 0 Å². The minimum atomic E-state index is -1.70. The molecule has 2 aliphatic carbocycles. The van der Waals surface area contributed by atoms with Gasteiger partial charge in [0.25, 0.3) is 0 Å². The molecular formula is C21H36O6. The van der Waals surface area contributed by atoms with Crippen LogP contribution in [0.3, 0.4) is 0 Å². The Bertz CT molecular complexity index is 587. The van der Waals surface area contributed by atoms with Gasteiger partial charge in [-0.15, -0.1) is 0 Å². The Labute approximate surface area is 162 Å². The molecule has 2 saturated carbocycles. The number of fused-ring (bicyclic) bond motifs is 1. The van der Waals surface area contributed by atoms with Crippen molar-refractivity contribution in [2.24, 2.45) is 35.0 Å². The van der Waals surface area contributed by atoms with Crippen molar-refractivity contribution in [1.82, 2.24) is 0 Å². The molecule has 27 heavy (non-hydrogen) atoms. The van der Waals surface area contributed by atoms with Gasteiger partial charge in [-0.1, -0.05) is 34.1 Å². The van der Waals surface area contributed by atoms with E-state index in [1.807, 2.05) is 27.7 Å². The van der Waals surface area contributed by atoms with E-state index in [9.17, 15) is 30.0 Å². The van der Waals surface area contributed by atoms with Crippen LogP contribution in [0.1, 0.15) is 60.3 Å². The van der Waals surface area contributed by atoms with Crippen LogP contribution >= 0.6 is 0 Å². The molecule has 2 rings (SSSR count). The zero-order valence-electron chi connectivity index (χ0n) is 17.2. The monoisotopic (exact) mass is 384 g/mol. The number of carbonyl (C=O) groups excluding carboxylic acids is 2. The normalized spacial score (nSPS) is 46.0. The second-order valence-corrected chi connectivity index (χ2v) is 9.45. The van der Waals surface area contributed by atoms with Crippen molar-refractivity contribution in [1.29, 1.82) is 0 Å². The lowest BCUT2D eigenvalue weighted by molar-refractivity contribution is -0.208. The van der Waals surface area contributed by atoms with Gasteiger partial charge in [-0.2, -0.15) is 0 Å². The molecule has 0 radical (unpaired) electrons. The van der Waals surface area contributed by atoms with Crippen LogP contribution in [0.4, 0.5) is 0 Å². The molecule has 0 aliphatic heterocycles. The fourth-order valence-electron chi connectivity index (χ4n) is 6.57. The summed E-state index contributed by atoms with van der Waals surface area (Å²) in [5.41, 5.74) is -4.07. The van der Waals surface area contributed by atoms with Gasteiger partial charge < -0.3 is 20.4 Å². The van der Waals surface area contributed by atoms with E-state index in [1.54, 1.807) is 0 Å². The number of ketones is 2. The lowest BCUT2D eigenvalue weighted by Gasteiger charge is -2.61. The summed E-state index contributed by atoms with van der Waals surface area (Å²) >= 11 is 0. The molecule has 8 atom stereocenters. The Balaban J connectivity index is 2.67. The zero-order chi connectivity index (χ0) is 20.8. The van der Waals surface area contributed by atoms with Crippen LogP contribution in [-0.2, 0) is 9.59 Å². The Morgan fingerprint density at radius 2 is 1.81 bits per heavy atom. The molecule has 156 valence electrons. The van der Waals surface area contributed by atoms with Crippen LogP contribution < -0.4 is 0 Å². The predicted molar refractivity (Wildman–Crippen MR) is 101 cm³/mol. The molecule has 6 nitrogen and oxygen atoms in total. The Kier molecular flexibility index (Phi) is 6.28. The SMILES string of the molecule is CC[C@@H](C)[C@@H]1[C@](C)(C(=O)CCO)[C@H]2[C@H](C)C[C@](O)(CO)C[C@@H]2C(=O)[C@@]1(C)O. The lowest BCUT2D eigenvalue weighted by Crippen LogP contribution is -2.69. The van der Waals surface area contributed by atoms with E-state index in [4.69, 9.17) is 0 Å². The van der Waals surface area contributed by atoms with Crippen molar-refractivity contribution in [3.63, 3.8) is 0 Å². The maximum absolute atomic E-state index is 13.3. The summed E-state index contributed by atoms with van der Waals surface area (Å²) in [4.78, 5) is 26.6. The maximum Gasteiger partial charge on any atom is 0.167 e. The summed E-state index contributed by atoms with van der Waals surface area (Å²) in [7, 11) is 0. The zero-order valence-corrected chi connectivity index (χ0v) is 17.2. The summed E-state index contributed by atoms with van der Waals surface area (Å²) in [6.45, 7) is 8.43. The molecule has 0 amide bonds. The van der Waals surface area contributed by atoms with Crippen LogP contribution in [0, 0.1) is 35.0 Å². The summed E-state index contributed by atoms with van der Waals surface area (Å²) in [6.07, 6.45) is 1.04. The molecule has 0 unspecified atom stereocenters. The van der Waals surface area contributed by atoms with E-state index in [2.05, 4.69) is 0 Å². The van der Waals surface area contributed by atoms with Crippen LogP contribution in [-0.4, -0.2) is 56.4 Å². The molecule has 0 spiro atoms. The standard InChI is InChI=1S/C21H36O6/c1-6-12(2)17-19(4,15(24)7-8-22)16-13(3)9-21(27,11-23)10-14(16)18(25)20(17,5)26/h12-14,16-17,22-23,26-27H,6-11H2,1-5H3/t12-,13-,14+,16+,17-,19-,20+,21-/m1/s1. The molecule has 0 heterocycles. The van der Waals surface area contributed by atoms with Crippen LogP contribution in [0.15, 0.2) is 0 Å². The molecule has 0 saturated heterocycles. The first kappa shape index (κ1) is 22.5. The Morgan fingerprint density at radius 1 is 1.22 bits per heavy atom. The molecule has 0 aromatic rings. The highest BCUT2D eigenvalue weighted by molar-refractivity contribution is 5.95. The highest BCUT2D eigenvalue weighted by Crippen LogP contribution is 2.61. The number of rotatable bonds is 6. The quantitative estimate of drug-likeness (QED) is 0.549. The van der Waals surface area contributed by atoms with Gasteiger partial charge in [0.15, 0.2) is 5.78 Å². The van der Waals surface area contributed by atoms with Crippen LogP contribution in [0.5, 0.6) is 0 Å².